The summed E-state index contributed by atoms with van der Waals surface area (Å²) in [7, 11) is 0. The summed E-state index contributed by atoms with van der Waals surface area (Å²) >= 11 is 1.95. The molecule has 3 nitrogen and oxygen atoms in total. The molecule has 0 aliphatic rings. The smallest absolute Gasteiger partial charge is 0.411 e. The molecule has 1 N–H and O–H groups in total. The summed E-state index contributed by atoms with van der Waals surface area (Å²) in [5, 5.41) is 2.57. The largest absolute Gasteiger partial charge is 0.444 e. The second-order valence-corrected chi connectivity index (χ2v) is 4.97. The predicted molar refractivity (Wildman–Crippen MR) is 79.4 cm³/mol. The molecule has 19 heavy (non-hydrogen) atoms. The number of rotatable bonds is 3. The summed E-state index contributed by atoms with van der Waals surface area (Å²) in [6.07, 6.45) is -0.562. The van der Waals surface area contributed by atoms with Gasteiger partial charge in [-0.2, -0.15) is 0 Å². The monoisotopic (exact) mass is 371 g/mol. The maximum atomic E-state index is 12.9. The lowest BCUT2D eigenvalue weighted by molar-refractivity contribution is 0.155. The Kier molecular flexibility index (Phi) is 4.73. The van der Waals surface area contributed by atoms with Crippen LogP contribution in [-0.2, 0) is 11.3 Å². The van der Waals surface area contributed by atoms with E-state index in [9.17, 15) is 9.18 Å². The Bertz CT molecular complexity index is 575. The fourth-order valence-electron chi connectivity index (χ4n) is 1.46. The van der Waals surface area contributed by atoms with Gasteiger partial charge in [-0.3, -0.25) is 5.32 Å². The summed E-state index contributed by atoms with van der Waals surface area (Å²) in [5.74, 6) is -0.340. The fraction of sp³-hybridized carbons (Fsp3) is 0.0714. The Morgan fingerprint density at radius 2 is 1.95 bits per heavy atom. The van der Waals surface area contributed by atoms with Gasteiger partial charge in [-0.25, -0.2) is 9.18 Å². The number of hydrogen-bond donors (Lipinski definition) is 1. The number of benzene rings is 2. The Morgan fingerprint density at radius 3 is 2.63 bits per heavy atom. The second kappa shape index (κ2) is 6.51. The zero-order valence-corrected chi connectivity index (χ0v) is 12.1. The van der Waals surface area contributed by atoms with Crippen LogP contribution in [0.15, 0.2) is 48.5 Å². The highest BCUT2D eigenvalue weighted by Gasteiger charge is 2.07. The summed E-state index contributed by atoms with van der Waals surface area (Å²) in [4.78, 5) is 11.6. The van der Waals surface area contributed by atoms with Crippen molar-refractivity contribution in [3.8, 4) is 0 Å². The molecule has 0 radical (unpaired) electrons. The molecule has 98 valence electrons. The first-order valence-electron chi connectivity index (χ1n) is 5.58. The van der Waals surface area contributed by atoms with Gasteiger partial charge >= 0.3 is 6.09 Å². The molecule has 1 amide bonds. The van der Waals surface area contributed by atoms with Crippen molar-refractivity contribution in [1.82, 2.24) is 0 Å². The van der Waals surface area contributed by atoms with Gasteiger partial charge in [-0.1, -0.05) is 30.3 Å². The number of halogens is 2. The summed E-state index contributed by atoms with van der Waals surface area (Å²) in [6, 6.07) is 13.5. The SMILES string of the molecule is O=C(Nc1ccc(F)cc1I)OCc1ccccc1. The Hall–Kier alpha value is -1.63. The number of amides is 1. The lowest BCUT2D eigenvalue weighted by Gasteiger charge is -2.08. The molecule has 0 atom stereocenters. The van der Waals surface area contributed by atoms with Crippen LogP contribution in [0.1, 0.15) is 5.56 Å². The maximum absolute atomic E-state index is 12.9. The highest BCUT2D eigenvalue weighted by Crippen LogP contribution is 2.19. The standard InChI is InChI=1S/C14H11FINO2/c15-11-6-7-13(12(16)8-11)17-14(18)19-9-10-4-2-1-3-5-10/h1-8H,9H2,(H,17,18). The number of hydrogen-bond acceptors (Lipinski definition) is 2. The third-order valence-corrected chi connectivity index (χ3v) is 3.27. The molecular formula is C14H11FINO2. The molecule has 0 saturated heterocycles. The third kappa shape index (κ3) is 4.20. The third-order valence-electron chi connectivity index (χ3n) is 2.38. The summed E-state index contributed by atoms with van der Waals surface area (Å²) in [5.41, 5.74) is 1.44. The second-order valence-electron chi connectivity index (χ2n) is 3.81. The van der Waals surface area contributed by atoms with Crippen molar-refractivity contribution in [1.29, 1.82) is 0 Å². The summed E-state index contributed by atoms with van der Waals surface area (Å²) < 4.78 is 18.6. The average molecular weight is 371 g/mol. The first-order chi connectivity index (χ1) is 9.15. The average Bonchev–Trinajstić information content (AvgIpc) is 2.41. The molecule has 2 rings (SSSR count). The quantitative estimate of drug-likeness (QED) is 0.823. The van der Waals surface area contributed by atoms with E-state index in [1.54, 1.807) is 0 Å². The van der Waals surface area contributed by atoms with Gasteiger partial charge in [0.25, 0.3) is 0 Å². The van der Waals surface area contributed by atoms with Crippen molar-refractivity contribution in [3.63, 3.8) is 0 Å². The van der Waals surface area contributed by atoms with Gasteiger partial charge in [-0.05, 0) is 46.4 Å². The molecule has 0 bridgehead atoms. The minimum absolute atomic E-state index is 0.199. The maximum Gasteiger partial charge on any atom is 0.411 e. The van der Waals surface area contributed by atoms with E-state index < -0.39 is 6.09 Å². The highest BCUT2D eigenvalue weighted by molar-refractivity contribution is 14.1. The van der Waals surface area contributed by atoms with Crippen LogP contribution >= 0.6 is 22.6 Å². The normalized spacial score (nSPS) is 10.0. The molecule has 0 aliphatic carbocycles. The molecule has 0 unspecified atom stereocenters. The Labute approximate surface area is 123 Å². The lowest BCUT2D eigenvalue weighted by Crippen LogP contribution is -2.14. The van der Waals surface area contributed by atoms with Crippen LogP contribution in [0.5, 0.6) is 0 Å². The number of nitrogens with one attached hydrogen (secondary N) is 1. The van der Waals surface area contributed by atoms with Crippen LogP contribution in [-0.4, -0.2) is 6.09 Å². The Morgan fingerprint density at radius 1 is 1.21 bits per heavy atom. The fourth-order valence-corrected chi connectivity index (χ4v) is 2.07. The zero-order valence-electron chi connectivity index (χ0n) is 9.90. The minimum Gasteiger partial charge on any atom is -0.444 e. The van der Waals surface area contributed by atoms with Crippen molar-refractivity contribution in [2.75, 3.05) is 5.32 Å². The molecule has 2 aromatic rings. The topological polar surface area (TPSA) is 38.3 Å². The van der Waals surface area contributed by atoms with E-state index in [0.717, 1.165) is 5.56 Å². The van der Waals surface area contributed by atoms with Crippen LogP contribution < -0.4 is 5.32 Å². The minimum atomic E-state index is -0.562. The van der Waals surface area contributed by atoms with E-state index in [-0.39, 0.29) is 12.4 Å². The van der Waals surface area contributed by atoms with Crippen molar-refractivity contribution in [3.05, 3.63) is 63.5 Å². The number of carbonyl (C=O) groups is 1. The van der Waals surface area contributed by atoms with Crippen molar-refractivity contribution in [2.45, 2.75) is 6.61 Å². The van der Waals surface area contributed by atoms with Crippen LogP contribution in [0.3, 0.4) is 0 Å². The molecule has 0 saturated carbocycles. The van der Waals surface area contributed by atoms with E-state index in [1.165, 1.54) is 18.2 Å². The van der Waals surface area contributed by atoms with Crippen molar-refractivity contribution >= 4 is 34.4 Å². The molecule has 0 aromatic heterocycles. The van der Waals surface area contributed by atoms with E-state index >= 15 is 0 Å². The predicted octanol–water partition coefficient (Wildman–Crippen LogP) is 4.18. The van der Waals surface area contributed by atoms with Gasteiger partial charge < -0.3 is 4.74 Å². The molecule has 5 heteroatoms. The van der Waals surface area contributed by atoms with Gasteiger partial charge in [-0.15, -0.1) is 0 Å². The van der Waals surface area contributed by atoms with E-state index in [1.807, 2.05) is 52.9 Å². The highest BCUT2D eigenvalue weighted by atomic mass is 127. The van der Waals surface area contributed by atoms with Crippen molar-refractivity contribution in [2.24, 2.45) is 0 Å². The van der Waals surface area contributed by atoms with Gasteiger partial charge in [0, 0.05) is 3.57 Å². The molecule has 0 aliphatic heterocycles. The van der Waals surface area contributed by atoms with Crippen LogP contribution in [0.25, 0.3) is 0 Å². The van der Waals surface area contributed by atoms with Gasteiger partial charge in [0.2, 0.25) is 0 Å². The summed E-state index contributed by atoms with van der Waals surface area (Å²) in [6.45, 7) is 0.199. The molecule has 0 fully saturated rings. The van der Waals surface area contributed by atoms with E-state index in [0.29, 0.717) is 9.26 Å². The first kappa shape index (κ1) is 13.8. The molecule has 2 aromatic carbocycles. The van der Waals surface area contributed by atoms with Crippen molar-refractivity contribution < 1.29 is 13.9 Å². The number of carbonyl (C=O) groups excluding carboxylic acids is 1. The molecular weight excluding hydrogens is 360 g/mol. The molecule has 0 heterocycles. The molecule has 0 spiro atoms. The van der Waals surface area contributed by atoms with Gasteiger partial charge in [0.1, 0.15) is 12.4 Å². The Balaban J connectivity index is 1.91. The number of ether oxygens (including phenoxy) is 1. The van der Waals surface area contributed by atoms with Crippen LogP contribution in [0.2, 0.25) is 0 Å². The van der Waals surface area contributed by atoms with Crippen LogP contribution in [0, 0.1) is 9.39 Å². The van der Waals surface area contributed by atoms with E-state index in [4.69, 9.17) is 4.74 Å². The number of anilines is 1. The zero-order chi connectivity index (χ0) is 13.7. The van der Waals surface area contributed by atoms with E-state index in [2.05, 4.69) is 5.32 Å². The van der Waals surface area contributed by atoms with Crippen LogP contribution in [0.4, 0.5) is 14.9 Å². The first-order valence-corrected chi connectivity index (χ1v) is 6.66. The van der Waals surface area contributed by atoms with Gasteiger partial charge in [0.05, 0.1) is 5.69 Å². The lowest BCUT2D eigenvalue weighted by atomic mass is 10.2. The van der Waals surface area contributed by atoms with Gasteiger partial charge in [0.15, 0.2) is 0 Å².